The molecule has 0 fully saturated rings. The van der Waals surface area contributed by atoms with Gasteiger partial charge in [-0.25, -0.2) is 4.39 Å². The first-order valence-corrected chi connectivity index (χ1v) is 4.01. The summed E-state index contributed by atoms with van der Waals surface area (Å²) in [6.45, 7) is 11.9. The van der Waals surface area contributed by atoms with Gasteiger partial charge < -0.3 is 0 Å². The molecule has 0 aliphatic heterocycles. The highest BCUT2D eigenvalue weighted by molar-refractivity contribution is 5.13. The molecule has 68 valence electrons. The zero-order valence-corrected chi connectivity index (χ0v) is 8.10. The van der Waals surface area contributed by atoms with Gasteiger partial charge in [0.15, 0.2) is 0 Å². The predicted octanol–water partition coefficient (Wildman–Crippen LogP) is 3.96. The lowest BCUT2D eigenvalue weighted by Gasteiger charge is -1.87. The third-order valence-corrected chi connectivity index (χ3v) is 1.01. The van der Waals surface area contributed by atoms with E-state index in [0.717, 1.165) is 5.56 Å². The molecule has 0 aliphatic carbocycles. The van der Waals surface area contributed by atoms with Crippen LogP contribution in [0.5, 0.6) is 0 Å². The second-order valence-electron chi connectivity index (χ2n) is 1.80. The summed E-state index contributed by atoms with van der Waals surface area (Å²) in [6, 6.07) is 6.40. The second-order valence-corrected chi connectivity index (χ2v) is 1.80. The molecule has 0 nitrogen and oxygen atoms in total. The molecule has 1 aromatic rings. The van der Waals surface area contributed by atoms with Gasteiger partial charge in [0.2, 0.25) is 0 Å². The molecule has 0 saturated heterocycles. The van der Waals surface area contributed by atoms with E-state index in [9.17, 15) is 4.39 Å². The van der Waals surface area contributed by atoms with Crippen LogP contribution in [0.25, 0.3) is 0 Å². The summed E-state index contributed by atoms with van der Waals surface area (Å²) in [7, 11) is 0. The molecule has 0 radical (unpaired) electrons. The van der Waals surface area contributed by atoms with Crippen LogP contribution in [0.4, 0.5) is 4.39 Å². The van der Waals surface area contributed by atoms with Crippen LogP contribution in [0.2, 0.25) is 0 Å². The van der Waals surface area contributed by atoms with E-state index in [4.69, 9.17) is 0 Å². The van der Waals surface area contributed by atoms with Gasteiger partial charge >= 0.3 is 0 Å². The van der Waals surface area contributed by atoms with Gasteiger partial charge in [-0.1, -0.05) is 31.5 Å². The Balaban J connectivity index is 0. The maximum Gasteiger partial charge on any atom is 0.123 e. The molecule has 0 amide bonds. The highest BCUT2D eigenvalue weighted by atomic mass is 19.1. The van der Waals surface area contributed by atoms with Crippen LogP contribution in [-0.2, 0) is 0 Å². The summed E-state index contributed by atoms with van der Waals surface area (Å²) in [5.41, 5.74) is 1.09. The second kappa shape index (κ2) is 9.89. The zero-order chi connectivity index (χ0) is 9.98. The van der Waals surface area contributed by atoms with Crippen molar-refractivity contribution in [2.45, 2.75) is 20.8 Å². The van der Waals surface area contributed by atoms with Crippen molar-refractivity contribution in [3.05, 3.63) is 48.8 Å². The Kier molecular flexibility index (Phi) is 11.1. The molecule has 0 N–H and O–H groups in total. The first-order valence-electron chi connectivity index (χ1n) is 4.01. The molecule has 0 unspecified atom stereocenters. The van der Waals surface area contributed by atoms with Gasteiger partial charge in [-0.2, -0.15) is 0 Å². The lowest BCUT2D eigenvalue weighted by Crippen LogP contribution is -1.71. The van der Waals surface area contributed by atoms with E-state index in [2.05, 4.69) is 13.2 Å². The third-order valence-electron chi connectivity index (χ3n) is 1.01. The molecule has 0 aromatic heterocycles. The fraction of sp³-hybridized carbons (Fsp3) is 0.273. The van der Waals surface area contributed by atoms with E-state index in [-0.39, 0.29) is 5.82 Å². The molecule has 1 rings (SSSR count). The van der Waals surface area contributed by atoms with Crippen molar-refractivity contribution in [1.29, 1.82) is 0 Å². The Morgan fingerprint density at radius 2 is 1.33 bits per heavy atom. The summed E-state index contributed by atoms with van der Waals surface area (Å²) >= 11 is 0. The number of benzene rings is 1. The molecule has 0 heterocycles. The topological polar surface area (TPSA) is 0 Å². The normalized spacial score (nSPS) is 7.00. The quantitative estimate of drug-likeness (QED) is 0.514. The minimum atomic E-state index is -0.171. The monoisotopic (exact) mass is 168 g/mol. The molecule has 12 heavy (non-hydrogen) atoms. The van der Waals surface area contributed by atoms with Crippen LogP contribution >= 0.6 is 0 Å². The van der Waals surface area contributed by atoms with Crippen molar-refractivity contribution in [1.82, 2.24) is 0 Å². The van der Waals surface area contributed by atoms with Crippen molar-refractivity contribution in [2.75, 3.05) is 0 Å². The van der Waals surface area contributed by atoms with Gasteiger partial charge in [0, 0.05) is 0 Å². The predicted molar refractivity (Wildman–Crippen MR) is 53.7 cm³/mol. The van der Waals surface area contributed by atoms with Crippen LogP contribution in [0.3, 0.4) is 0 Å². The van der Waals surface area contributed by atoms with Gasteiger partial charge in [-0.15, -0.1) is 13.2 Å². The van der Waals surface area contributed by atoms with Crippen molar-refractivity contribution < 1.29 is 4.39 Å². The lowest BCUT2D eigenvalue weighted by atomic mass is 10.2. The van der Waals surface area contributed by atoms with Crippen LogP contribution in [0, 0.1) is 12.7 Å². The molecule has 0 aliphatic rings. The number of hydrogen-bond donors (Lipinski definition) is 0. The fourth-order valence-electron chi connectivity index (χ4n) is 0.533. The fourth-order valence-corrected chi connectivity index (χ4v) is 0.533. The third kappa shape index (κ3) is 7.00. The molecule has 1 aromatic carbocycles. The smallest absolute Gasteiger partial charge is 0.123 e. The Hall–Kier alpha value is -1.11. The average molecular weight is 168 g/mol. The van der Waals surface area contributed by atoms with E-state index in [1.807, 2.05) is 20.8 Å². The molecule has 0 atom stereocenters. The molecular weight excluding hydrogens is 151 g/mol. The van der Waals surface area contributed by atoms with E-state index in [1.54, 1.807) is 12.1 Å². The number of aryl methyl sites for hydroxylation is 1. The van der Waals surface area contributed by atoms with E-state index in [1.165, 1.54) is 12.1 Å². The van der Waals surface area contributed by atoms with Gasteiger partial charge in [-0.3, -0.25) is 0 Å². The Morgan fingerprint density at radius 3 is 1.58 bits per heavy atom. The van der Waals surface area contributed by atoms with Gasteiger partial charge in [0.1, 0.15) is 5.82 Å². The molecule has 0 spiro atoms. The summed E-state index contributed by atoms with van der Waals surface area (Å²) in [6.07, 6.45) is 0. The summed E-state index contributed by atoms with van der Waals surface area (Å²) in [4.78, 5) is 0. The zero-order valence-electron chi connectivity index (χ0n) is 8.10. The van der Waals surface area contributed by atoms with Crippen molar-refractivity contribution in [3.8, 4) is 0 Å². The molecule has 0 saturated carbocycles. The number of rotatable bonds is 0. The Bertz CT molecular complexity index is 156. The first-order chi connectivity index (χ1) is 5.79. The highest BCUT2D eigenvalue weighted by Crippen LogP contribution is 1.98. The summed E-state index contributed by atoms with van der Waals surface area (Å²) in [5, 5.41) is 0. The van der Waals surface area contributed by atoms with Crippen LogP contribution in [0.15, 0.2) is 37.4 Å². The molecule has 0 bridgehead atoms. The number of halogens is 1. The van der Waals surface area contributed by atoms with Gasteiger partial charge in [0.25, 0.3) is 0 Å². The van der Waals surface area contributed by atoms with Crippen LogP contribution in [-0.4, -0.2) is 0 Å². The van der Waals surface area contributed by atoms with Crippen molar-refractivity contribution >= 4 is 0 Å². The SMILES string of the molecule is C=C.CC.Cc1ccc(F)cc1. The van der Waals surface area contributed by atoms with E-state index >= 15 is 0 Å². The van der Waals surface area contributed by atoms with Crippen LogP contribution in [0.1, 0.15) is 19.4 Å². The minimum Gasteiger partial charge on any atom is -0.207 e. The van der Waals surface area contributed by atoms with E-state index in [0.29, 0.717) is 0 Å². The van der Waals surface area contributed by atoms with Crippen molar-refractivity contribution in [3.63, 3.8) is 0 Å². The minimum absolute atomic E-state index is 0.171. The molecule has 1 heteroatoms. The Labute approximate surface area is 74.7 Å². The van der Waals surface area contributed by atoms with E-state index < -0.39 is 0 Å². The maximum atomic E-state index is 12.1. The average Bonchev–Trinajstić information content (AvgIpc) is 2.17. The highest BCUT2D eigenvalue weighted by Gasteiger charge is 1.83. The lowest BCUT2D eigenvalue weighted by molar-refractivity contribution is 0.627. The largest absolute Gasteiger partial charge is 0.207 e. The maximum absolute atomic E-state index is 12.1. The first kappa shape index (κ1) is 13.5. The van der Waals surface area contributed by atoms with Crippen LogP contribution < -0.4 is 0 Å². The van der Waals surface area contributed by atoms with Gasteiger partial charge in [0.05, 0.1) is 0 Å². The standard InChI is InChI=1S/C7H7F.C2H6.C2H4/c1-6-2-4-7(8)5-3-6;2*1-2/h2-5H,1H3;1-2H3;1-2H2. The molecular formula is C11H17F. The van der Waals surface area contributed by atoms with Crippen molar-refractivity contribution in [2.24, 2.45) is 0 Å². The van der Waals surface area contributed by atoms with Gasteiger partial charge in [-0.05, 0) is 19.1 Å². The number of hydrogen-bond acceptors (Lipinski definition) is 0. The Morgan fingerprint density at radius 1 is 1.00 bits per heavy atom. The summed E-state index contributed by atoms with van der Waals surface area (Å²) < 4.78 is 12.1. The summed E-state index contributed by atoms with van der Waals surface area (Å²) in [5.74, 6) is -0.171.